The summed E-state index contributed by atoms with van der Waals surface area (Å²) >= 11 is 3.37. The number of nitrogens with one attached hydrogen (secondary N) is 1. The lowest BCUT2D eigenvalue weighted by molar-refractivity contribution is 0.661. The zero-order chi connectivity index (χ0) is 9.80. The number of hydrogen-bond donors (Lipinski definition) is 1. The van der Waals surface area contributed by atoms with Crippen molar-refractivity contribution in [1.82, 2.24) is 10.2 Å². The molecule has 1 aliphatic carbocycles. The van der Waals surface area contributed by atoms with Crippen molar-refractivity contribution < 1.29 is 0 Å². The molecule has 14 heavy (non-hydrogen) atoms. The molecule has 5 heteroatoms. The number of nitrogens with zero attached hydrogens (tertiary/aromatic N) is 2. The van der Waals surface area contributed by atoms with E-state index in [1.54, 1.807) is 28.7 Å². The van der Waals surface area contributed by atoms with E-state index < -0.39 is 0 Å². The Hall–Kier alpha value is -0.550. The predicted molar refractivity (Wildman–Crippen MR) is 62.1 cm³/mol. The van der Waals surface area contributed by atoms with E-state index in [0.717, 1.165) is 15.2 Å². The maximum absolute atomic E-state index is 4.07. The van der Waals surface area contributed by atoms with E-state index in [2.05, 4.69) is 21.6 Å². The topological polar surface area (TPSA) is 37.8 Å². The largest absolute Gasteiger partial charge is 0.363 e. The molecule has 3 nitrogen and oxygen atoms in total. The van der Waals surface area contributed by atoms with Crippen molar-refractivity contribution in [3.8, 4) is 0 Å². The van der Waals surface area contributed by atoms with Crippen LogP contribution in [0.1, 0.15) is 19.3 Å². The lowest BCUT2D eigenvalue weighted by atomic mass is 9.93. The van der Waals surface area contributed by atoms with Crippen LogP contribution in [-0.2, 0) is 0 Å². The summed E-state index contributed by atoms with van der Waals surface area (Å²) in [5, 5.41) is 11.9. The van der Waals surface area contributed by atoms with Crippen molar-refractivity contribution in [3.63, 3.8) is 0 Å². The van der Waals surface area contributed by atoms with Gasteiger partial charge in [-0.05, 0) is 19.3 Å². The first-order valence-corrected chi connectivity index (χ1v) is 6.50. The Morgan fingerprint density at radius 3 is 2.93 bits per heavy atom. The quantitative estimate of drug-likeness (QED) is 0.634. The van der Waals surface area contributed by atoms with Gasteiger partial charge in [0.05, 0.1) is 0 Å². The Morgan fingerprint density at radius 1 is 1.50 bits per heavy atom. The Kier molecular flexibility index (Phi) is 3.42. The van der Waals surface area contributed by atoms with Crippen LogP contribution in [0.4, 0.5) is 5.13 Å². The molecule has 0 radical (unpaired) electrons. The third-order valence-corrected chi connectivity index (χ3v) is 4.20. The van der Waals surface area contributed by atoms with Gasteiger partial charge < -0.3 is 5.32 Å². The number of anilines is 1. The van der Waals surface area contributed by atoms with Gasteiger partial charge in [0.1, 0.15) is 0 Å². The Bertz CT molecular complexity index is 327. The lowest BCUT2D eigenvalue weighted by Crippen LogP contribution is -1.96. The van der Waals surface area contributed by atoms with E-state index in [1.165, 1.54) is 19.3 Å². The summed E-state index contributed by atoms with van der Waals surface area (Å²) in [5.41, 5.74) is 1.61. The molecule has 0 spiro atoms. The minimum absolute atomic E-state index is 0.892. The summed E-state index contributed by atoms with van der Waals surface area (Å²) in [6.45, 7) is 0. The van der Waals surface area contributed by atoms with Crippen molar-refractivity contribution >= 4 is 28.2 Å². The summed E-state index contributed by atoms with van der Waals surface area (Å²) < 4.78 is 1.05. The molecule has 0 unspecified atom stereocenters. The Morgan fingerprint density at radius 2 is 2.36 bits per heavy atom. The smallest absolute Gasteiger partial charge is 0.206 e. The molecule has 1 saturated carbocycles. The molecule has 0 atom stereocenters. The highest BCUT2D eigenvalue weighted by atomic mass is 32.2. The Balaban J connectivity index is 1.79. The van der Waals surface area contributed by atoms with Gasteiger partial charge in [-0.2, -0.15) is 0 Å². The second kappa shape index (κ2) is 4.79. The molecular weight excluding hydrogens is 214 g/mol. The molecule has 1 aromatic heterocycles. The van der Waals surface area contributed by atoms with Crippen molar-refractivity contribution in [1.29, 1.82) is 0 Å². The number of rotatable bonds is 4. The highest BCUT2D eigenvalue weighted by Gasteiger charge is 2.07. The maximum Gasteiger partial charge on any atom is 0.206 e. The van der Waals surface area contributed by atoms with Gasteiger partial charge in [0, 0.05) is 12.8 Å². The van der Waals surface area contributed by atoms with E-state index in [1.807, 2.05) is 7.05 Å². The first kappa shape index (κ1) is 9.98. The summed E-state index contributed by atoms with van der Waals surface area (Å²) in [5.74, 6) is 1.04. The number of thioether (sulfide) groups is 1. The lowest BCUT2D eigenvalue weighted by Gasteiger charge is -2.15. The summed E-state index contributed by atoms with van der Waals surface area (Å²) in [6, 6.07) is 0. The first-order valence-electron chi connectivity index (χ1n) is 4.70. The molecule has 1 aliphatic rings. The molecule has 2 rings (SSSR count). The molecule has 1 heterocycles. The fourth-order valence-corrected chi connectivity index (χ4v) is 2.85. The maximum atomic E-state index is 4.07. The second-order valence-corrected chi connectivity index (χ2v) is 5.39. The molecule has 0 aliphatic heterocycles. The van der Waals surface area contributed by atoms with Gasteiger partial charge in [-0.25, -0.2) is 0 Å². The molecule has 0 bridgehead atoms. The highest BCUT2D eigenvalue weighted by molar-refractivity contribution is 8.01. The van der Waals surface area contributed by atoms with Crippen LogP contribution in [0.2, 0.25) is 0 Å². The molecule has 76 valence electrons. The van der Waals surface area contributed by atoms with Gasteiger partial charge in [-0.1, -0.05) is 34.7 Å². The zero-order valence-corrected chi connectivity index (χ0v) is 9.75. The van der Waals surface area contributed by atoms with E-state index in [-0.39, 0.29) is 0 Å². The molecule has 1 aromatic rings. The molecule has 0 aromatic carbocycles. The van der Waals surface area contributed by atoms with Crippen LogP contribution < -0.4 is 5.32 Å². The SMILES string of the molecule is CNc1nnc(SCC=C2CCC2)s1. The van der Waals surface area contributed by atoms with Crippen LogP contribution in [0.5, 0.6) is 0 Å². The summed E-state index contributed by atoms with van der Waals surface area (Å²) in [6.07, 6.45) is 6.31. The fourth-order valence-electron chi connectivity index (χ4n) is 1.18. The molecule has 1 fully saturated rings. The van der Waals surface area contributed by atoms with Crippen LogP contribution >= 0.6 is 23.1 Å². The highest BCUT2D eigenvalue weighted by Crippen LogP contribution is 2.28. The predicted octanol–water partition coefficient (Wildman–Crippen LogP) is 2.78. The van der Waals surface area contributed by atoms with Gasteiger partial charge in [0.25, 0.3) is 0 Å². The molecule has 1 N–H and O–H groups in total. The van der Waals surface area contributed by atoms with Crippen LogP contribution in [0.25, 0.3) is 0 Å². The number of allylic oxidation sites excluding steroid dienone is 1. The van der Waals surface area contributed by atoms with Crippen molar-refractivity contribution in [2.75, 3.05) is 18.1 Å². The third kappa shape index (κ3) is 2.48. The van der Waals surface area contributed by atoms with Crippen molar-refractivity contribution in [3.05, 3.63) is 11.6 Å². The van der Waals surface area contributed by atoms with Crippen molar-refractivity contribution in [2.45, 2.75) is 23.6 Å². The standard InChI is InChI=1S/C9H13N3S2/c1-10-8-11-12-9(14-8)13-6-5-7-3-2-4-7/h5H,2-4,6H2,1H3,(H,10,11). The fraction of sp³-hybridized carbons (Fsp3) is 0.556. The van der Waals surface area contributed by atoms with Gasteiger partial charge in [-0.3, -0.25) is 0 Å². The normalized spacial score (nSPS) is 15.1. The van der Waals surface area contributed by atoms with E-state index >= 15 is 0 Å². The monoisotopic (exact) mass is 227 g/mol. The second-order valence-electron chi connectivity index (χ2n) is 3.15. The molecule has 0 amide bonds. The van der Waals surface area contributed by atoms with Crippen LogP contribution in [0, 0.1) is 0 Å². The van der Waals surface area contributed by atoms with Crippen LogP contribution in [0.3, 0.4) is 0 Å². The average molecular weight is 227 g/mol. The van der Waals surface area contributed by atoms with Gasteiger partial charge >= 0.3 is 0 Å². The van der Waals surface area contributed by atoms with Gasteiger partial charge in [0.15, 0.2) is 4.34 Å². The van der Waals surface area contributed by atoms with Crippen LogP contribution in [-0.4, -0.2) is 23.0 Å². The average Bonchev–Trinajstić information content (AvgIpc) is 2.57. The van der Waals surface area contributed by atoms with E-state index in [9.17, 15) is 0 Å². The summed E-state index contributed by atoms with van der Waals surface area (Å²) in [7, 11) is 1.87. The first-order chi connectivity index (χ1) is 6.88. The minimum atomic E-state index is 0.892. The van der Waals surface area contributed by atoms with E-state index in [0.29, 0.717) is 0 Å². The van der Waals surface area contributed by atoms with Gasteiger partial charge in [0.2, 0.25) is 5.13 Å². The molecule has 0 saturated heterocycles. The Labute approximate surface area is 92.0 Å². The van der Waals surface area contributed by atoms with Crippen molar-refractivity contribution in [2.24, 2.45) is 0 Å². The minimum Gasteiger partial charge on any atom is -0.363 e. The molecular formula is C9H13N3S2. The number of aromatic nitrogens is 2. The van der Waals surface area contributed by atoms with Crippen LogP contribution in [0.15, 0.2) is 16.0 Å². The third-order valence-electron chi connectivity index (χ3n) is 2.19. The number of hydrogen-bond acceptors (Lipinski definition) is 5. The van der Waals surface area contributed by atoms with Gasteiger partial charge in [-0.15, -0.1) is 10.2 Å². The van der Waals surface area contributed by atoms with E-state index in [4.69, 9.17) is 0 Å². The summed E-state index contributed by atoms with van der Waals surface area (Å²) in [4.78, 5) is 0. The zero-order valence-electron chi connectivity index (χ0n) is 8.12.